The number of nitrogen functional groups attached to an aromatic ring is 1. The summed E-state index contributed by atoms with van der Waals surface area (Å²) < 4.78 is 62.2. The van der Waals surface area contributed by atoms with Crippen molar-refractivity contribution in [1.82, 2.24) is 30.2 Å². The topological polar surface area (TPSA) is 347 Å². The Hall–Kier alpha value is -1.76. The third kappa shape index (κ3) is 13.2. The highest BCUT2D eigenvalue weighted by atomic mass is 33.1. The van der Waals surface area contributed by atoms with Crippen molar-refractivity contribution in [1.29, 1.82) is 0 Å². The second-order valence-electron chi connectivity index (χ2n) is 11.6. The zero-order chi connectivity index (χ0) is 39.1. The van der Waals surface area contributed by atoms with Crippen molar-refractivity contribution in [2.45, 2.75) is 82.0 Å². The van der Waals surface area contributed by atoms with Gasteiger partial charge in [-0.05, 0) is 20.3 Å². The summed E-state index contributed by atoms with van der Waals surface area (Å²) >= 11 is 0. The highest BCUT2D eigenvalue weighted by Crippen LogP contribution is 2.62. The van der Waals surface area contributed by atoms with E-state index in [-0.39, 0.29) is 35.9 Å². The molecule has 2 amide bonds. The van der Waals surface area contributed by atoms with Gasteiger partial charge >= 0.3 is 23.5 Å². The number of aromatic nitrogens is 4. The normalized spacial score (nSPS) is 23.1. The highest BCUT2D eigenvalue weighted by Gasteiger charge is 2.51. The lowest BCUT2D eigenvalue weighted by molar-refractivity contribution is -0.140. The first-order valence-corrected chi connectivity index (χ1v) is 22.2. The number of rotatable bonds is 21. The minimum Gasteiger partial charge on any atom is -0.386 e. The molecule has 23 nitrogen and oxygen atoms in total. The Morgan fingerprint density at radius 3 is 2.46 bits per heavy atom. The molecule has 8 atom stereocenters. The summed E-state index contributed by atoms with van der Waals surface area (Å²) in [6.07, 6.45) is -6.15. The van der Waals surface area contributed by atoms with E-state index in [2.05, 4.69) is 48.3 Å². The van der Waals surface area contributed by atoms with E-state index in [0.29, 0.717) is 17.5 Å². The van der Waals surface area contributed by atoms with Crippen LogP contribution in [-0.4, -0.2) is 122 Å². The van der Waals surface area contributed by atoms with Crippen molar-refractivity contribution in [2.24, 2.45) is 0 Å². The fourth-order valence-corrected chi connectivity index (χ4v) is 9.64. The molecule has 3 heterocycles. The van der Waals surface area contributed by atoms with Gasteiger partial charge in [0.25, 0.3) is 5.91 Å². The number of nitrogens with zero attached hydrogens (tertiary/aromatic N) is 4. The molecule has 8 unspecified atom stereocenters. The molecule has 52 heavy (non-hydrogen) atoms. The summed E-state index contributed by atoms with van der Waals surface area (Å²) in [6.45, 7) is 5.21. The molecule has 1 aliphatic rings. The first kappa shape index (κ1) is 44.6. The van der Waals surface area contributed by atoms with Gasteiger partial charge in [0.15, 0.2) is 23.8 Å². The second-order valence-corrected chi connectivity index (χ2v) is 18.7. The van der Waals surface area contributed by atoms with Crippen LogP contribution in [0.15, 0.2) is 12.7 Å². The van der Waals surface area contributed by atoms with Gasteiger partial charge in [-0.2, -0.15) is 4.31 Å². The Morgan fingerprint density at radius 1 is 1.12 bits per heavy atom. The smallest absolute Gasteiger partial charge is 0.386 e. The largest absolute Gasteiger partial charge is 0.481 e. The number of hydrogen-bond donors (Lipinski definition) is 9. The summed E-state index contributed by atoms with van der Waals surface area (Å²) in [5.74, 6) is -0.842. The number of aliphatic hydroxyl groups excluding tert-OH is 2. The van der Waals surface area contributed by atoms with Gasteiger partial charge in [-0.25, -0.2) is 28.6 Å². The molecule has 0 radical (unpaired) electrons. The van der Waals surface area contributed by atoms with Gasteiger partial charge in [-0.3, -0.25) is 27.7 Å². The number of carbonyl (C=O) groups is 2. The molecule has 1 fully saturated rings. The molecule has 28 heteroatoms. The van der Waals surface area contributed by atoms with E-state index in [4.69, 9.17) is 19.5 Å². The summed E-state index contributed by atoms with van der Waals surface area (Å²) in [5, 5.41) is 26.8. The maximum absolute atomic E-state index is 12.7. The highest BCUT2D eigenvalue weighted by molar-refractivity contribution is 8.76. The molecule has 1 saturated heterocycles. The number of phosphoric acid groups is 3. The average Bonchev–Trinajstić information content (AvgIpc) is 3.58. The van der Waals surface area contributed by atoms with Crippen LogP contribution in [0.3, 0.4) is 0 Å². The zero-order valence-electron chi connectivity index (χ0n) is 28.2. The number of aliphatic hydroxyl groups is 2. The van der Waals surface area contributed by atoms with Crippen LogP contribution in [0, 0.1) is 0 Å². The lowest BCUT2D eigenvalue weighted by atomic mass is 10.0. The van der Waals surface area contributed by atoms with Gasteiger partial charge in [0.1, 0.15) is 35.8 Å². The van der Waals surface area contributed by atoms with Crippen molar-refractivity contribution in [3.63, 3.8) is 0 Å². The fraction of sp³-hybridized carbons (Fsp3) is 0.708. The number of nitrogens with two attached hydrogens (primary N) is 1. The molecule has 2 aromatic heterocycles. The molecule has 0 aromatic carbocycles. The SMILES string of the molecule is CCC(C)SSCCNC(=O)CCNC(=O)C(O)C(C)(C)OP(=O)(O)OP(=O)(O)OCC1OC(n2cnc3c(N)ncnc32)C(O)C1OP(=O)(O)O. The number of fused-ring (bicyclic) bond motifs is 1. The zero-order valence-corrected chi connectivity index (χ0v) is 32.5. The van der Waals surface area contributed by atoms with Crippen molar-refractivity contribution in [2.75, 3.05) is 31.2 Å². The molecule has 0 spiro atoms. The lowest BCUT2D eigenvalue weighted by Gasteiger charge is -2.31. The van der Waals surface area contributed by atoms with E-state index in [1.165, 1.54) is 0 Å². The maximum Gasteiger partial charge on any atom is 0.481 e. The van der Waals surface area contributed by atoms with E-state index in [9.17, 15) is 53.1 Å². The quantitative estimate of drug-likeness (QED) is 0.0465. The molecule has 2 aromatic rings. The minimum atomic E-state index is -5.63. The summed E-state index contributed by atoms with van der Waals surface area (Å²) in [5.41, 5.74) is 3.65. The Labute approximate surface area is 305 Å². The van der Waals surface area contributed by atoms with Gasteiger partial charge in [0, 0.05) is 30.5 Å². The number of hydrogen-bond acceptors (Lipinski definition) is 18. The fourth-order valence-electron chi connectivity index (χ4n) is 4.38. The average molecular weight is 842 g/mol. The van der Waals surface area contributed by atoms with E-state index in [0.717, 1.165) is 37.5 Å². The van der Waals surface area contributed by atoms with E-state index in [1.54, 1.807) is 21.6 Å². The Bertz CT molecular complexity index is 1690. The number of nitrogens with one attached hydrogen (secondary N) is 2. The number of anilines is 1. The van der Waals surface area contributed by atoms with Gasteiger partial charge in [-0.15, -0.1) is 0 Å². The molecule has 1 aliphatic heterocycles. The standard InChI is InChI=1S/C24H42N7O16P3S2/c1-5-13(2)52-51-9-8-26-15(32)6-7-27-22(35)19(34)24(3,4)46-50(41,42)47-49(39,40)43-10-14-18(45-48(36,37)38)17(33)23(44-14)31-12-30-16-20(25)28-11-29-21(16)31/h11-14,17-19,23,33-34H,5-10H2,1-4H3,(H,26,32)(H,27,35)(H,39,40)(H,41,42)(H2,25,28,29)(H2,36,37,38). The van der Waals surface area contributed by atoms with Crippen molar-refractivity contribution < 1.29 is 75.7 Å². The second kappa shape index (κ2) is 18.7. The third-order valence-electron chi connectivity index (χ3n) is 7.06. The first-order valence-electron chi connectivity index (χ1n) is 15.3. The molecule has 296 valence electrons. The Balaban J connectivity index is 1.55. The van der Waals surface area contributed by atoms with Crippen LogP contribution in [0.4, 0.5) is 5.82 Å². The number of ether oxygens (including phenoxy) is 1. The number of carbonyl (C=O) groups excluding carboxylic acids is 2. The summed E-state index contributed by atoms with van der Waals surface area (Å²) in [4.78, 5) is 75.5. The number of phosphoric ester groups is 3. The minimum absolute atomic E-state index is 0.0309. The molecule has 10 N–H and O–H groups in total. The summed E-state index contributed by atoms with van der Waals surface area (Å²) in [7, 11) is -13.2. The van der Waals surface area contributed by atoms with Crippen molar-refractivity contribution in [3.8, 4) is 0 Å². The molecule has 0 saturated carbocycles. The third-order valence-corrected chi connectivity index (χ3v) is 13.5. The number of amides is 2. The van der Waals surface area contributed by atoms with Gasteiger partial charge in [0.05, 0.1) is 12.9 Å². The van der Waals surface area contributed by atoms with Gasteiger partial charge in [0.2, 0.25) is 5.91 Å². The predicted molar refractivity (Wildman–Crippen MR) is 185 cm³/mol. The Kier molecular flexibility index (Phi) is 16.1. The summed E-state index contributed by atoms with van der Waals surface area (Å²) in [6, 6.07) is 0. The van der Waals surface area contributed by atoms with Crippen LogP contribution in [0.1, 0.15) is 46.8 Å². The maximum atomic E-state index is 12.7. The van der Waals surface area contributed by atoms with Gasteiger partial charge in [-0.1, -0.05) is 35.4 Å². The Morgan fingerprint density at radius 2 is 1.81 bits per heavy atom. The van der Waals surface area contributed by atoms with Crippen LogP contribution in [0.25, 0.3) is 11.2 Å². The van der Waals surface area contributed by atoms with Crippen LogP contribution in [-0.2, 0) is 45.9 Å². The van der Waals surface area contributed by atoms with Crippen LogP contribution < -0.4 is 16.4 Å². The molecule has 3 rings (SSSR count). The first-order chi connectivity index (χ1) is 24.1. The molecular weight excluding hydrogens is 799 g/mol. The number of imidazole rings is 1. The molecule has 0 aliphatic carbocycles. The van der Waals surface area contributed by atoms with Gasteiger partial charge < -0.3 is 50.9 Å². The van der Waals surface area contributed by atoms with E-state index in [1.807, 2.05) is 0 Å². The van der Waals surface area contributed by atoms with Crippen molar-refractivity contribution in [3.05, 3.63) is 12.7 Å². The van der Waals surface area contributed by atoms with Crippen LogP contribution in [0.5, 0.6) is 0 Å². The lowest BCUT2D eigenvalue weighted by Crippen LogP contribution is -2.49. The molecule has 0 bridgehead atoms. The van der Waals surface area contributed by atoms with Crippen molar-refractivity contribution >= 4 is 73.9 Å². The monoisotopic (exact) mass is 841 g/mol. The molecular formula is C24H42N7O16P3S2. The van der Waals surface area contributed by atoms with E-state index < -0.39 is 72.2 Å². The van der Waals surface area contributed by atoms with E-state index >= 15 is 0 Å². The predicted octanol–water partition coefficient (Wildman–Crippen LogP) is 0.337. The van der Waals surface area contributed by atoms with Crippen LogP contribution >= 0.6 is 45.1 Å². The van der Waals surface area contributed by atoms with Crippen LogP contribution in [0.2, 0.25) is 0 Å².